The highest BCUT2D eigenvalue weighted by atomic mass is 32.2. The summed E-state index contributed by atoms with van der Waals surface area (Å²) in [4.78, 5) is 14.2. The predicted octanol–water partition coefficient (Wildman–Crippen LogP) is 0.282. The van der Waals surface area contributed by atoms with Crippen molar-refractivity contribution < 1.29 is 17.6 Å². The minimum atomic E-state index is -3.27. The van der Waals surface area contributed by atoms with Crippen LogP contribution in [-0.2, 0) is 16.6 Å². The third-order valence-electron chi connectivity index (χ3n) is 3.54. The maximum absolute atomic E-state index is 12.5. The molecule has 1 fully saturated rings. The third kappa shape index (κ3) is 4.29. The monoisotopic (exact) mass is 315 g/mol. The molecule has 0 aliphatic carbocycles. The number of sulfonamides is 1. The fourth-order valence-corrected chi connectivity index (χ4v) is 2.97. The lowest BCUT2D eigenvalue weighted by Gasteiger charge is -2.35. The van der Waals surface area contributed by atoms with Crippen molar-refractivity contribution >= 4 is 15.9 Å². The molecular formula is C13H21N3O4S. The number of hydrogen-bond acceptors (Lipinski definition) is 5. The maximum Gasteiger partial charge on any atom is 0.289 e. The van der Waals surface area contributed by atoms with Crippen LogP contribution in [0.25, 0.3) is 0 Å². The molecule has 118 valence electrons. The van der Waals surface area contributed by atoms with Crippen LogP contribution < -0.4 is 10.5 Å². The highest BCUT2D eigenvalue weighted by molar-refractivity contribution is 7.88. The van der Waals surface area contributed by atoms with E-state index < -0.39 is 10.0 Å². The van der Waals surface area contributed by atoms with Gasteiger partial charge in [-0.2, -0.15) is 0 Å². The number of piperidine rings is 1. The van der Waals surface area contributed by atoms with Crippen molar-refractivity contribution in [3.63, 3.8) is 0 Å². The number of rotatable bonds is 5. The van der Waals surface area contributed by atoms with E-state index in [4.69, 9.17) is 10.2 Å². The molecule has 1 atom stereocenters. The third-order valence-corrected chi connectivity index (χ3v) is 4.23. The summed E-state index contributed by atoms with van der Waals surface area (Å²) in [5, 5.41) is 0. The first-order valence-electron chi connectivity index (χ1n) is 6.95. The summed E-state index contributed by atoms with van der Waals surface area (Å²) in [5.41, 5.74) is 5.47. The molecule has 8 heteroatoms. The van der Waals surface area contributed by atoms with Crippen LogP contribution in [0.1, 0.15) is 35.6 Å². The van der Waals surface area contributed by atoms with E-state index in [2.05, 4.69) is 4.72 Å². The Kier molecular flexibility index (Phi) is 5.02. The van der Waals surface area contributed by atoms with E-state index in [1.165, 1.54) is 0 Å². The molecule has 1 amide bonds. The average Bonchev–Trinajstić information content (AvgIpc) is 2.93. The summed E-state index contributed by atoms with van der Waals surface area (Å²) in [5.74, 6) is 0.595. The van der Waals surface area contributed by atoms with Crippen LogP contribution >= 0.6 is 0 Å². The molecule has 1 saturated heterocycles. The van der Waals surface area contributed by atoms with E-state index in [-0.39, 0.29) is 30.8 Å². The zero-order chi connectivity index (χ0) is 15.5. The molecule has 7 nitrogen and oxygen atoms in total. The molecule has 2 rings (SSSR count). The minimum Gasteiger partial charge on any atom is -0.455 e. The lowest BCUT2D eigenvalue weighted by atomic mass is 10.0. The Morgan fingerprint density at radius 3 is 2.86 bits per heavy atom. The number of nitrogens with one attached hydrogen (secondary N) is 1. The standard InChI is InChI=1S/C13H21N3O4S/c1-21(18,19)15-9-10-4-2-3-7-16(10)13(17)12-6-5-11(8-14)20-12/h5-6,10,15H,2-4,7-9,14H2,1H3. The fourth-order valence-electron chi connectivity index (χ4n) is 2.47. The minimum absolute atomic E-state index is 0.146. The Balaban J connectivity index is 2.08. The number of carbonyl (C=O) groups excluding carboxylic acids is 1. The van der Waals surface area contributed by atoms with Crippen molar-refractivity contribution in [2.75, 3.05) is 19.3 Å². The molecule has 1 aliphatic rings. The van der Waals surface area contributed by atoms with E-state index >= 15 is 0 Å². The van der Waals surface area contributed by atoms with Crippen LogP contribution in [-0.4, -0.2) is 44.6 Å². The van der Waals surface area contributed by atoms with E-state index in [9.17, 15) is 13.2 Å². The molecule has 1 aromatic heterocycles. The Morgan fingerprint density at radius 1 is 1.48 bits per heavy atom. The van der Waals surface area contributed by atoms with Crippen LogP contribution in [0.5, 0.6) is 0 Å². The van der Waals surface area contributed by atoms with Crippen LogP contribution in [0.3, 0.4) is 0 Å². The number of amides is 1. The molecule has 1 unspecified atom stereocenters. The van der Waals surface area contributed by atoms with Gasteiger partial charge in [0.2, 0.25) is 10.0 Å². The molecule has 0 radical (unpaired) electrons. The smallest absolute Gasteiger partial charge is 0.289 e. The van der Waals surface area contributed by atoms with Gasteiger partial charge in [0.15, 0.2) is 5.76 Å². The van der Waals surface area contributed by atoms with Crippen molar-refractivity contribution in [2.45, 2.75) is 31.8 Å². The summed E-state index contributed by atoms with van der Waals surface area (Å²) in [6.45, 7) is 1.08. The van der Waals surface area contributed by atoms with Gasteiger partial charge in [0, 0.05) is 19.1 Å². The Labute approximate surface area is 124 Å². The van der Waals surface area contributed by atoms with E-state index in [0.29, 0.717) is 12.3 Å². The first kappa shape index (κ1) is 16.0. The van der Waals surface area contributed by atoms with Crippen molar-refractivity contribution in [1.29, 1.82) is 0 Å². The highest BCUT2D eigenvalue weighted by Gasteiger charge is 2.29. The molecule has 21 heavy (non-hydrogen) atoms. The topological polar surface area (TPSA) is 106 Å². The summed E-state index contributed by atoms with van der Waals surface area (Å²) in [6, 6.07) is 3.15. The second-order valence-electron chi connectivity index (χ2n) is 5.24. The molecule has 2 heterocycles. The molecule has 3 N–H and O–H groups in total. The molecule has 0 bridgehead atoms. The Morgan fingerprint density at radius 2 is 2.24 bits per heavy atom. The van der Waals surface area contributed by atoms with Gasteiger partial charge >= 0.3 is 0 Å². The lowest BCUT2D eigenvalue weighted by molar-refractivity contribution is 0.0584. The van der Waals surface area contributed by atoms with Gasteiger partial charge in [0.25, 0.3) is 5.91 Å². The summed E-state index contributed by atoms with van der Waals surface area (Å²) >= 11 is 0. The van der Waals surface area contributed by atoms with Crippen molar-refractivity contribution in [3.8, 4) is 0 Å². The molecule has 0 aromatic carbocycles. The van der Waals surface area contributed by atoms with Crippen molar-refractivity contribution in [3.05, 3.63) is 23.7 Å². The van der Waals surface area contributed by atoms with Gasteiger partial charge in [-0.25, -0.2) is 13.1 Å². The number of hydrogen-bond donors (Lipinski definition) is 2. The van der Waals surface area contributed by atoms with Gasteiger partial charge in [-0.15, -0.1) is 0 Å². The zero-order valence-electron chi connectivity index (χ0n) is 12.0. The quantitative estimate of drug-likeness (QED) is 0.812. The first-order chi connectivity index (χ1) is 9.90. The Bertz CT molecular complexity index is 596. The van der Waals surface area contributed by atoms with Crippen LogP contribution in [0.15, 0.2) is 16.5 Å². The molecule has 1 aromatic rings. The van der Waals surface area contributed by atoms with Crippen LogP contribution in [0, 0.1) is 0 Å². The average molecular weight is 315 g/mol. The SMILES string of the molecule is CS(=O)(=O)NCC1CCCCN1C(=O)c1ccc(CN)o1. The second-order valence-corrected chi connectivity index (χ2v) is 7.07. The maximum atomic E-state index is 12.5. The van der Waals surface area contributed by atoms with Gasteiger partial charge in [-0.05, 0) is 31.4 Å². The number of nitrogens with zero attached hydrogens (tertiary/aromatic N) is 1. The summed E-state index contributed by atoms with van der Waals surface area (Å²) in [7, 11) is -3.27. The van der Waals surface area contributed by atoms with E-state index in [1.807, 2.05) is 0 Å². The number of nitrogens with two attached hydrogens (primary N) is 1. The number of likely N-dealkylation sites (tertiary alicyclic amines) is 1. The second kappa shape index (κ2) is 6.59. The van der Waals surface area contributed by atoms with E-state index in [1.54, 1.807) is 17.0 Å². The summed E-state index contributed by atoms with van der Waals surface area (Å²) < 4.78 is 30.3. The van der Waals surface area contributed by atoms with Crippen molar-refractivity contribution in [2.24, 2.45) is 5.73 Å². The fraction of sp³-hybridized carbons (Fsp3) is 0.615. The molecular weight excluding hydrogens is 294 g/mol. The van der Waals surface area contributed by atoms with E-state index in [0.717, 1.165) is 25.5 Å². The summed E-state index contributed by atoms with van der Waals surface area (Å²) in [6.07, 6.45) is 3.78. The predicted molar refractivity (Wildman–Crippen MR) is 78.1 cm³/mol. The van der Waals surface area contributed by atoms with Crippen LogP contribution in [0.2, 0.25) is 0 Å². The number of furan rings is 1. The van der Waals surface area contributed by atoms with Gasteiger partial charge < -0.3 is 15.1 Å². The first-order valence-corrected chi connectivity index (χ1v) is 8.84. The largest absolute Gasteiger partial charge is 0.455 e. The molecule has 1 aliphatic heterocycles. The van der Waals surface area contributed by atoms with Gasteiger partial charge in [0.05, 0.1) is 12.8 Å². The zero-order valence-corrected chi connectivity index (χ0v) is 12.9. The van der Waals surface area contributed by atoms with Gasteiger partial charge in [0.1, 0.15) is 5.76 Å². The molecule has 0 spiro atoms. The highest BCUT2D eigenvalue weighted by Crippen LogP contribution is 2.20. The van der Waals surface area contributed by atoms with Gasteiger partial charge in [-0.1, -0.05) is 0 Å². The molecule has 0 saturated carbocycles. The lowest BCUT2D eigenvalue weighted by Crippen LogP contribution is -2.49. The number of carbonyl (C=O) groups is 1. The van der Waals surface area contributed by atoms with Crippen LogP contribution in [0.4, 0.5) is 0 Å². The van der Waals surface area contributed by atoms with Crippen molar-refractivity contribution in [1.82, 2.24) is 9.62 Å². The normalized spacial score (nSPS) is 19.7. The Hall–Kier alpha value is -1.38. The van der Waals surface area contributed by atoms with Gasteiger partial charge in [-0.3, -0.25) is 4.79 Å².